The molecule has 5 nitrogen and oxygen atoms in total. The Hall–Kier alpha value is -1.82. The van der Waals surface area contributed by atoms with Gasteiger partial charge in [0.15, 0.2) is 0 Å². The van der Waals surface area contributed by atoms with E-state index in [0.29, 0.717) is 16.9 Å². The molecule has 1 N–H and O–H groups in total. The van der Waals surface area contributed by atoms with E-state index in [1.54, 1.807) is 24.3 Å². The zero-order valence-corrected chi connectivity index (χ0v) is 11.5. The minimum Gasteiger partial charge on any atom is -0.478 e. The van der Waals surface area contributed by atoms with Crippen LogP contribution in [-0.2, 0) is 5.75 Å². The number of hydrogen-bond acceptors (Lipinski definition) is 5. The van der Waals surface area contributed by atoms with Crippen molar-refractivity contribution in [3.63, 3.8) is 0 Å². The van der Waals surface area contributed by atoms with Gasteiger partial charge in [-0.15, -0.1) is 10.2 Å². The van der Waals surface area contributed by atoms with E-state index in [-0.39, 0.29) is 11.5 Å². The van der Waals surface area contributed by atoms with Gasteiger partial charge in [0.05, 0.1) is 5.56 Å². The summed E-state index contributed by atoms with van der Waals surface area (Å²) in [6.07, 6.45) is 0. The van der Waals surface area contributed by atoms with Crippen LogP contribution < -0.4 is 0 Å². The maximum absolute atomic E-state index is 10.7. The van der Waals surface area contributed by atoms with Crippen LogP contribution in [0.15, 0.2) is 33.9 Å². The first-order chi connectivity index (χ1) is 9.06. The second-order valence-corrected chi connectivity index (χ2v) is 5.28. The van der Waals surface area contributed by atoms with Gasteiger partial charge in [-0.25, -0.2) is 4.79 Å². The predicted octanol–water partition coefficient (Wildman–Crippen LogP) is 3.18. The Morgan fingerprint density at radius 3 is 2.53 bits per heavy atom. The molecule has 19 heavy (non-hydrogen) atoms. The molecule has 0 atom stereocenters. The first-order valence-electron chi connectivity index (χ1n) is 5.84. The highest BCUT2D eigenvalue weighted by atomic mass is 32.2. The van der Waals surface area contributed by atoms with Gasteiger partial charge >= 0.3 is 5.97 Å². The molecule has 0 unspecified atom stereocenters. The molecule has 0 aliphatic heterocycles. The van der Waals surface area contributed by atoms with Crippen molar-refractivity contribution in [3.8, 4) is 0 Å². The van der Waals surface area contributed by atoms with Gasteiger partial charge in [-0.05, 0) is 17.7 Å². The summed E-state index contributed by atoms with van der Waals surface area (Å²) in [4.78, 5) is 10.7. The average molecular weight is 278 g/mol. The lowest BCUT2D eigenvalue weighted by Crippen LogP contribution is -1.95. The van der Waals surface area contributed by atoms with Crippen molar-refractivity contribution < 1.29 is 14.3 Å². The standard InChI is InChI=1S/C13H14N2O3S/c1-8(2)11-14-15-13(18-11)19-7-9-3-5-10(6-4-9)12(16)17/h3-6,8H,7H2,1-2H3,(H,16,17). The van der Waals surface area contributed by atoms with Crippen LogP contribution >= 0.6 is 11.8 Å². The Labute approximate surface area is 115 Å². The number of benzene rings is 1. The molecule has 0 saturated heterocycles. The van der Waals surface area contributed by atoms with Gasteiger partial charge in [-0.1, -0.05) is 37.7 Å². The van der Waals surface area contributed by atoms with Crippen LogP contribution in [-0.4, -0.2) is 21.3 Å². The zero-order chi connectivity index (χ0) is 13.8. The number of carboxylic acid groups (broad SMARTS) is 1. The van der Waals surface area contributed by atoms with Crippen LogP contribution in [0.5, 0.6) is 0 Å². The van der Waals surface area contributed by atoms with Crippen molar-refractivity contribution in [1.82, 2.24) is 10.2 Å². The zero-order valence-electron chi connectivity index (χ0n) is 10.7. The number of carboxylic acids is 1. The smallest absolute Gasteiger partial charge is 0.335 e. The Balaban J connectivity index is 1.96. The first kappa shape index (κ1) is 13.6. The summed E-state index contributed by atoms with van der Waals surface area (Å²) in [5.41, 5.74) is 1.30. The maximum Gasteiger partial charge on any atom is 0.335 e. The average Bonchev–Trinajstić information content (AvgIpc) is 2.86. The number of rotatable bonds is 5. The molecule has 0 bridgehead atoms. The summed E-state index contributed by atoms with van der Waals surface area (Å²) < 4.78 is 5.48. The third-order valence-corrected chi connectivity index (χ3v) is 3.37. The van der Waals surface area contributed by atoms with Crippen molar-refractivity contribution in [2.24, 2.45) is 0 Å². The molecule has 0 aliphatic rings. The summed E-state index contributed by atoms with van der Waals surface area (Å²) in [5.74, 6) is 0.595. The highest BCUT2D eigenvalue weighted by Crippen LogP contribution is 2.23. The Bertz CT molecular complexity index is 564. The number of hydrogen-bond donors (Lipinski definition) is 1. The van der Waals surface area contributed by atoms with E-state index in [4.69, 9.17) is 9.52 Å². The monoisotopic (exact) mass is 278 g/mol. The van der Waals surface area contributed by atoms with Crippen LogP contribution in [0.25, 0.3) is 0 Å². The van der Waals surface area contributed by atoms with Crippen molar-refractivity contribution >= 4 is 17.7 Å². The highest BCUT2D eigenvalue weighted by Gasteiger charge is 2.10. The molecule has 1 aromatic heterocycles. The number of thioether (sulfide) groups is 1. The van der Waals surface area contributed by atoms with E-state index >= 15 is 0 Å². The number of aromatic carboxylic acids is 1. The molecular weight excluding hydrogens is 264 g/mol. The molecule has 1 aromatic carbocycles. The van der Waals surface area contributed by atoms with E-state index < -0.39 is 5.97 Å². The molecule has 100 valence electrons. The van der Waals surface area contributed by atoms with Crippen LogP contribution in [0.3, 0.4) is 0 Å². The molecule has 1 heterocycles. The van der Waals surface area contributed by atoms with Gasteiger partial charge in [0.25, 0.3) is 5.22 Å². The van der Waals surface area contributed by atoms with E-state index in [0.717, 1.165) is 5.56 Å². The van der Waals surface area contributed by atoms with Crippen LogP contribution in [0, 0.1) is 0 Å². The minimum atomic E-state index is -0.919. The summed E-state index contributed by atoms with van der Waals surface area (Å²) in [7, 11) is 0. The molecule has 2 aromatic rings. The first-order valence-corrected chi connectivity index (χ1v) is 6.83. The Morgan fingerprint density at radius 1 is 1.32 bits per heavy atom. The quantitative estimate of drug-likeness (QED) is 0.846. The normalized spacial score (nSPS) is 10.9. The number of carbonyl (C=O) groups is 1. The summed E-state index contributed by atoms with van der Waals surface area (Å²) in [6.45, 7) is 3.99. The second kappa shape index (κ2) is 5.88. The van der Waals surface area contributed by atoms with E-state index in [1.807, 2.05) is 13.8 Å². The maximum atomic E-state index is 10.7. The Kier molecular flexibility index (Phi) is 4.21. The summed E-state index contributed by atoms with van der Waals surface area (Å²) >= 11 is 1.44. The van der Waals surface area contributed by atoms with Crippen LogP contribution in [0.2, 0.25) is 0 Å². The lowest BCUT2D eigenvalue weighted by atomic mass is 10.1. The van der Waals surface area contributed by atoms with Gasteiger partial charge < -0.3 is 9.52 Å². The SMILES string of the molecule is CC(C)c1nnc(SCc2ccc(C(=O)O)cc2)o1. The molecule has 0 fully saturated rings. The van der Waals surface area contributed by atoms with Crippen molar-refractivity contribution in [2.75, 3.05) is 0 Å². The third-order valence-electron chi connectivity index (χ3n) is 2.48. The van der Waals surface area contributed by atoms with Gasteiger partial charge in [0, 0.05) is 11.7 Å². The Morgan fingerprint density at radius 2 is 2.00 bits per heavy atom. The molecule has 0 amide bonds. The van der Waals surface area contributed by atoms with Crippen molar-refractivity contribution in [1.29, 1.82) is 0 Å². The fourth-order valence-electron chi connectivity index (χ4n) is 1.40. The highest BCUT2D eigenvalue weighted by molar-refractivity contribution is 7.98. The van der Waals surface area contributed by atoms with E-state index in [1.165, 1.54) is 11.8 Å². The summed E-state index contributed by atoms with van der Waals surface area (Å²) in [6, 6.07) is 6.75. The van der Waals surface area contributed by atoms with Gasteiger partial charge in [0.2, 0.25) is 5.89 Å². The van der Waals surface area contributed by atoms with Gasteiger partial charge in [-0.2, -0.15) is 0 Å². The third kappa shape index (κ3) is 3.57. The molecule has 2 rings (SSSR count). The fourth-order valence-corrected chi connectivity index (χ4v) is 2.13. The van der Waals surface area contributed by atoms with E-state index in [9.17, 15) is 4.79 Å². The molecule has 0 aliphatic carbocycles. The number of nitrogens with zero attached hydrogens (tertiary/aromatic N) is 2. The number of aromatic nitrogens is 2. The molecule has 0 saturated carbocycles. The molecular formula is C13H14N2O3S. The largest absolute Gasteiger partial charge is 0.478 e. The van der Waals surface area contributed by atoms with Crippen molar-refractivity contribution in [3.05, 3.63) is 41.3 Å². The summed E-state index contributed by atoms with van der Waals surface area (Å²) in [5, 5.41) is 17.2. The van der Waals surface area contributed by atoms with Crippen LogP contribution in [0.4, 0.5) is 0 Å². The lowest BCUT2D eigenvalue weighted by molar-refractivity contribution is 0.0697. The predicted molar refractivity (Wildman–Crippen MR) is 71.3 cm³/mol. The van der Waals surface area contributed by atoms with E-state index in [2.05, 4.69) is 10.2 Å². The van der Waals surface area contributed by atoms with Gasteiger partial charge in [-0.3, -0.25) is 0 Å². The second-order valence-electron chi connectivity index (χ2n) is 4.35. The van der Waals surface area contributed by atoms with Crippen LogP contribution in [0.1, 0.15) is 41.6 Å². The minimum absolute atomic E-state index is 0.219. The lowest BCUT2D eigenvalue weighted by Gasteiger charge is -1.99. The fraction of sp³-hybridized carbons (Fsp3) is 0.308. The van der Waals surface area contributed by atoms with Gasteiger partial charge in [0.1, 0.15) is 0 Å². The van der Waals surface area contributed by atoms with Crippen molar-refractivity contribution in [2.45, 2.75) is 30.7 Å². The molecule has 6 heteroatoms. The molecule has 0 radical (unpaired) electrons. The topological polar surface area (TPSA) is 76.2 Å². The molecule has 0 spiro atoms.